The lowest BCUT2D eigenvalue weighted by Gasteiger charge is -2.17. The van der Waals surface area contributed by atoms with Crippen molar-refractivity contribution < 1.29 is 4.74 Å². The monoisotopic (exact) mass is 197 g/mol. The van der Waals surface area contributed by atoms with Gasteiger partial charge in [-0.2, -0.15) is 0 Å². The lowest BCUT2D eigenvalue weighted by molar-refractivity contribution is 0.318. The van der Waals surface area contributed by atoms with Crippen molar-refractivity contribution in [2.45, 2.75) is 0 Å². The van der Waals surface area contributed by atoms with Gasteiger partial charge in [-0.15, -0.1) is 0 Å². The second-order valence-electron chi connectivity index (χ2n) is 2.87. The second-order valence-corrected chi connectivity index (χ2v) is 2.87. The van der Waals surface area contributed by atoms with Crippen molar-refractivity contribution in [3.8, 4) is 0 Å². The van der Waals surface area contributed by atoms with Crippen LogP contribution in [0.25, 0.3) is 0 Å². The van der Waals surface area contributed by atoms with Gasteiger partial charge >= 0.3 is 0 Å². The zero-order chi connectivity index (χ0) is 11.0. The Morgan fingerprint density at radius 1 is 1.57 bits per heavy atom. The molecule has 0 heterocycles. The molecule has 0 atom stereocenters. The molecule has 0 saturated heterocycles. The van der Waals surface area contributed by atoms with E-state index in [1.807, 2.05) is 19.0 Å². The molecule has 0 bridgehead atoms. The molecule has 0 fully saturated rings. The third kappa shape index (κ3) is 5.37. The van der Waals surface area contributed by atoms with Gasteiger partial charge < -0.3 is 15.0 Å². The fraction of sp³-hybridized carbons (Fsp3) is 0.500. The lowest BCUT2D eigenvalue weighted by Crippen LogP contribution is -2.26. The van der Waals surface area contributed by atoms with Gasteiger partial charge in [0.15, 0.2) is 0 Å². The highest BCUT2D eigenvalue weighted by Crippen LogP contribution is 1.99. The number of hydrogen-bond acceptors (Lipinski definition) is 4. The molecule has 0 aromatic carbocycles. The topological polar surface area (TPSA) is 36.9 Å². The van der Waals surface area contributed by atoms with E-state index in [-0.39, 0.29) is 0 Å². The number of allylic oxidation sites excluding steroid dienone is 1. The summed E-state index contributed by atoms with van der Waals surface area (Å²) in [6.45, 7) is 9.21. The zero-order valence-electron chi connectivity index (χ0n) is 9.21. The van der Waals surface area contributed by atoms with E-state index in [2.05, 4.69) is 23.5 Å². The Balaban J connectivity index is 3.94. The summed E-state index contributed by atoms with van der Waals surface area (Å²) in [7, 11) is 5.40. The van der Waals surface area contributed by atoms with Crippen LogP contribution in [0.3, 0.4) is 0 Å². The van der Waals surface area contributed by atoms with Crippen LogP contribution in [0, 0.1) is 0 Å². The standard InChI is InChI=1S/C10H19N3O/c1-9(14-5)8-12-10(2)13(4)7-6-11-3/h8,11H,1-2,6-7H2,3-5H3/b12-8-. The summed E-state index contributed by atoms with van der Waals surface area (Å²) in [6.07, 6.45) is 1.55. The molecule has 0 spiro atoms. The van der Waals surface area contributed by atoms with Gasteiger partial charge in [0.1, 0.15) is 11.6 Å². The van der Waals surface area contributed by atoms with E-state index < -0.39 is 0 Å². The highest BCUT2D eigenvalue weighted by atomic mass is 16.5. The van der Waals surface area contributed by atoms with Crippen LogP contribution in [0.4, 0.5) is 0 Å². The fourth-order valence-electron chi connectivity index (χ4n) is 0.706. The van der Waals surface area contributed by atoms with Gasteiger partial charge in [0.05, 0.1) is 13.3 Å². The Morgan fingerprint density at radius 3 is 2.71 bits per heavy atom. The van der Waals surface area contributed by atoms with Crippen LogP contribution < -0.4 is 5.32 Å². The molecule has 0 aliphatic rings. The first-order valence-corrected chi connectivity index (χ1v) is 4.43. The Kier molecular flexibility index (Phi) is 6.49. The Bertz CT molecular complexity index is 223. The summed E-state index contributed by atoms with van der Waals surface area (Å²) >= 11 is 0. The number of aliphatic imine (C=N–C) groups is 1. The van der Waals surface area contributed by atoms with E-state index in [1.165, 1.54) is 0 Å². The molecule has 0 rings (SSSR count). The van der Waals surface area contributed by atoms with Crippen LogP contribution in [-0.4, -0.2) is 45.4 Å². The van der Waals surface area contributed by atoms with Crippen molar-refractivity contribution in [2.75, 3.05) is 34.3 Å². The molecule has 4 nitrogen and oxygen atoms in total. The summed E-state index contributed by atoms with van der Waals surface area (Å²) in [5, 5.41) is 3.05. The molecule has 0 radical (unpaired) electrons. The highest BCUT2D eigenvalue weighted by Gasteiger charge is 1.97. The number of nitrogens with one attached hydrogen (secondary N) is 1. The maximum atomic E-state index is 4.85. The molecule has 0 aliphatic carbocycles. The van der Waals surface area contributed by atoms with Gasteiger partial charge in [0, 0.05) is 20.1 Å². The number of hydrogen-bond donors (Lipinski definition) is 1. The van der Waals surface area contributed by atoms with Gasteiger partial charge in [0.25, 0.3) is 0 Å². The van der Waals surface area contributed by atoms with E-state index in [0.717, 1.165) is 13.1 Å². The summed E-state index contributed by atoms with van der Waals surface area (Å²) in [5.74, 6) is 1.21. The normalized spacial score (nSPS) is 10.2. The van der Waals surface area contributed by atoms with Gasteiger partial charge in [-0.1, -0.05) is 13.2 Å². The molecule has 14 heavy (non-hydrogen) atoms. The third-order valence-electron chi connectivity index (χ3n) is 1.76. The summed E-state index contributed by atoms with van der Waals surface area (Å²) in [6, 6.07) is 0. The van der Waals surface area contributed by atoms with Gasteiger partial charge in [-0.25, -0.2) is 4.99 Å². The first kappa shape index (κ1) is 12.7. The molecule has 4 heteroatoms. The van der Waals surface area contributed by atoms with Gasteiger partial charge in [0.2, 0.25) is 0 Å². The van der Waals surface area contributed by atoms with E-state index in [1.54, 1.807) is 13.3 Å². The van der Waals surface area contributed by atoms with Crippen molar-refractivity contribution in [1.82, 2.24) is 10.2 Å². The number of ether oxygens (including phenoxy) is 1. The van der Waals surface area contributed by atoms with Crippen LogP contribution in [-0.2, 0) is 4.74 Å². The maximum Gasteiger partial charge on any atom is 0.130 e. The van der Waals surface area contributed by atoms with Crippen LogP contribution in [0.1, 0.15) is 0 Å². The first-order valence-electron chi connectivity index (χ1n) is 4.43. The summed E-state index contributed by atoms with van der Waals surface area (Å²) < 4.78 is 4.85. The third-order valence-corrected chi connectivity index (χ3v) is 1.76. The molecular formula is C10H19N3O. The van der Waals surface area contributed by atoms with E-state index in [4.69, 9.17) is 4.74 Å². The maximum absolute atomic E-state index is 4.85. The molecule has 0 aromatic rings. The average Bonchev–Trinajstić information content (AvgIpc) is 2.21. The lowest BCUT2D eigenvalue weighted by atomic mass is 10.5. The van der Waals surface area contributed by atoms with Crippen LogP contribution in [0.5, 0.6) is 0 Å². The Labute approximate surface area is 86.0 Å². The molecule has 0 saturated carbocycles. The van der Waals surface area contributed by atoms with E-state index in [0.29, 0.717) is 11.6 Å². The molecule has 0 unspecified atom stereocenters. The van der Waals surface area contributed by atoms with E-state index in [9.17, 15) is 0 Å². The molecule has 80 valence electrons. The van der Waals surface area contributed by atoms with Gasteiger partial charge in [-0.3, -0.25) is 0 Å². The minimum absolute atomic E-state index is 0.521. The summed E-state index contributed by atoms with van der Waals surface area (Å²) in [5.41, 5.74) is 0. The first-order chi connectivity index (χ1) is 6.61. The van der Waals surface area contributed by atoms with Crippen LogP contribution >= 0.6 is 0 Å². The highest BCUT2D eigenvalue weighted by molar-refractivity contribution is 5.75. The predicted octanol–water partition coefficient (Wildman–Crippen LogP) is 0.840. The second kappa shape index (κ2) is 7.15. The summed E-state index contributed by atoms with van der Waals surface area (Å²) in [4.78, 5) is 6.06. The van der Waals surface area contributed by atoms with Crippen LogP contribution in [0.15, 0.2) is 29.7 Å². The van der Waals surface area contributed by atoms with Crippen molar-refractivity contribution >= 4 is 6.21 Å². The number of likely N-dealkylation sites (N-methyl/N-ethyl adjacent to an activating group) is 2. The fourth-order valence-corrected chi connectivity index (χ4v) is 0.706. The zero-order valence-corrected chi connectivity index (χ0v) is 9.21. The quantitative estimate of drug-likeness (QED) is 0.485. The molecule has 0 aliphatic heterocycles. The molecule has 0 amide bonds. The van der Waals surface area contributed by atoms with Gasteiger partial charge in [-0.05, 0) is 7.05 Å². The average molecular weight is 197 g/mol. The number of nitrogens with zero attached hydrogens (tertiary/aromatic N) is 2. The van der Waals surface area contributed by atoms with Crippen molar-refractivity contribution in [2.24, 2.45) is 4.99 Å². The van der Waals surface area contributed by atoms with Crippen molar-refractivity contribution in [1.29, 1.82) is 0 Å². The molecule has 1 N–H and O–H groups in total. The minimum Gasteiger partial charge on any atom is -0.496 e. The number of rotatable bonds is 7. The SMILES string of the molecule is C=C(/C=N\C(=C)N(C)CCNC)OC. The smallest absolute Gasteiger partial charge is 0.130 e. The Hall–Kier alpha value is -1.29. The van der Waals surface area contributed by atoms with Crippen molar-refractivity contribution in [3.63, 3.8) is 0 Å². The van der Waals surface area contributed by atoms with E-state index >= 15 is 0 Å². The Morgan fingerprint density at radius 2 is 2.21 bits per heavy atom. The largest absolute Gasteiger partial charge is 0.496 e. The van der Waals surface area contributed by atoms with Crippen molar-refractivity contribution in [3.05, 3.63) is 24.7 Å². The molecule has 0 aromatic heterocycles. The van der Waals surface area contributed by atoms with Crippen LogP contribution in [0.2, 0.25) is 0 Å². The molecular weight excluding hydrogens is 178 g/mol. The predicted molar refractivity (Wildman–Crippen MR) is 60.3 cm³/mol. The number of methoxy groups -OCH3 is 1. The minimum atomic E-state index is 0.521.